The zero-order chi connectivity index (χ0) is 17.4. The molecule has 10 nitrogen and oxygen atoms in total. The van der Waals surface area contributed by atoms with Gasteiger partial charge in [-0.15, -0.1) is 0 Å². The van der Waals surface area contributed by atoms with Crippen LogP contribution >= 0.6 is 0 Å². The van der Waals surface area contributed by atoms with Gasteiger partial charge in [-0.2, -0.15) is 0 Å². The lowest BCUT2D eigenvalue weighted by atomic mass is 10.1. The molecular formula is C13H26N4O6. The van der Waals surface area contributed by atoms with Crippen molar-refractivity contribution in [2.24, 2.45) is 0 Å². The van der Waals surface area contributed by atoms with Crippen molar-refractivity contribution in [2.45, 2.75) is 57.7 Å². The molecule has 1 aliphatic rings. The summed E-state index contributed by atoms with van der Waals surface area (Å²) in [6.07, 6.45) is -1.47. The summed E-state index contributed by atoms with van der Waals surface area (Å²) in [5.74, 6) is 0. The summed E-state index contributed by atoms with van der Waals surface area (Å²) in [6.45, 7) is 4.26. The van der Waals surface area contributed by atoms with Crippen molar-refractivity contribution in [2.75, 3.05) is 20.1 Å². The van der Waals surface area contributed by atoms with Crippen molar-refractivity contribution in [3.8, 4) is 0 Å². The van der Waals surface area contributed by atoms with Gasteiger partial charge in [0, 0.05) is 24.4 Å². The lowest BCUT2D eigenvalue weighted by Crippen LogP contribution is -2.53. The summed E-state index contributed by atoms with van der Waals surface area (Å²) >= 11 is 0. The first kappa shape index (κ1) is 19.6. The summed E-state index contributed by atoms with van der Waals surface area (Å²) in [6, 6.07) is -0.938. The molecule has 0 amide bonds. The maximum atomic E-state index is 11.7. The molecule has 0 aromatic rings. The quantitative estimate of drug-likeness (QED) is 0.244. The van der Waals surface area contributed by atoms with Crippen molar-refractivity contribution >= 4 is 6.16 Å². The maximum absolute atomic E-state index is 11.7. The Morgan fingerprint density at radius 2 is 2.09 bits per heavy atom. The van der Waals surface area contributed by atoms with Crippen LogP contribution in [-0.2, 0) is 9.47 Å². The van der Waals surface area contributed by atoms with Gasteiger partial charge in [0.2, 0.25) is 6.04 Å². The molecule has 3 N–H and O–H groups in total. The number of hydrogen-bond donors (Lipinski definition) is 3. The lowest BCUT2D eigenvalue weighted by molar-refractivity contribution is -0.533. The Morgan fingerprint density at radius 1 is 1.48 bits per heavy atom. The maximum Gasteiger partial charge on any atom is 0.509 e. The summed E-state index contributed by atoms with van der Waals surface area (Å²) in [4.78, 5) is 23.9. The number of piperidine rings is 1. The number of nitro groups is 1. The van der Waals surface area contributed by atoms with E-state index in [2.05, 4.69) is 10.9 Å². The number of hydrogen-bond acceptors (Lipinski definition) is 9. The Morgan fingerprint density at radius 3 is 2.57 bits per heavy atom. The molecule has 0 aromatic heterocycles. The van der Waals surface area contributed by atoms with Crippen molar-refractivity contribution in [1.29, 1.82) is 0 Å². The zero-order valence-corrected chi connectivity index (χ0v) is 13.7. The molecule has 0 spiro atoms. The molecular weight excluding hydrogens is 308 g/mol. The molecule has 2 unspecified atom stereocenters. The highest BCUT2D eigenvalue weighted by atomic mass is 16.7. The van der Waals surface area contributed by atoms with E-state index < -0.39 is 29.6 Å². The molecule has 10 heteroatoms. The molecule has 0 radical (unpaired) electrons. The van der Waals surface area contributed by atoms with Gasteiger partial charge in [-0.1, -0.05) is 6.92 Å². The largest absolute Gasteiger partial charge is 0.509 e. The summed E-state index contributed by atoms with van der Waals surface area (Å²) in [5, 5.41) is 20.6. The van der Waals surface area contributed by atoms with E-state index >= 15 is 0 Å². The van der Waals surface area contributed by atoms with Crippen LogP contribution in [0, 0.1) is 10.1 Å². The molecule has 134 valence electrons. The van der Waals surface area contributed by atoms with Gasteiger partial charge in [0.1, 0.15) is 6.10 Å². The Kier molecular flexibility index (Phi) is 8.17. The van der Waals surface area contributed by atoms with Crippen molar-refractivity contribution in [3.05, 3.63) is 10.1 Å². The Labute approximate surface area is 135 Å². The van der Waals surface area contributed by atoms with Crippen molar-refractivity contribution in [3.63, 3.8) is 0 Å². The van der Waals surface area contributed by atoms with Crippen LogP contribution in [-0.4, -0.2) is 65.8 Å². The van der Waals surface area contributed by atoms with Gasteiger partial charge in [0.25, 0.3) is 0 Å². The molecule has 1 fully saturated rings. The van der Waals surface area contributed by atoms with Gasteiger partial charge >= 0.3 is 6.16 Å². The summed E-state index contributed by atoms with van der Waals surface area (Å²) in [5.41, 5.74) is 5.31. The highest BCUT2D eigenvalue weighted by molar-refractivity contribution is 5.60. The minimum atomic E-state index is -0.938. The number of rotatable bonds is 8. The smallest absolute Gasteiger partial charge is 0.431 e. The monoisotopic (exact) mass is 334 g/mol. The molecule has 0 aliphatic carbocycles. The molecule has 0 bridgehead atoms. The third-order valence-electron chi connectivity index (χ3n) is 3.87. The molecule has 0 aromatic carbocycles. The van der Waals surface area contributed by atoms with Crippen molar-refractivity contribution in [1.82, 2.24) is 15.8 Å². The minimum absolute atomic E-state index is 0.274. The highest BCUT2D eigenvalue weighted by Gasteiger charge is 2.31. The number of carbonyl (C=O) groups is 1. The fourth-order valence-corrected chi connectivity index (χ4v) is 2.51. The van der Waals surface area contributed by atoms with E-state index in [1.165, 1.54) is 6.92 Å². The normalized spacial score (nSPS) is 20.5. The lowest BCUT2D eigenvalue weighted by Gasteiger charge is -2.34. The number of hydrazine groups is 1. The van der Waals surface area contributed by atoms with E-state index in [1.54, 1.807) is 18.9 Å². The second-order valence-electron chi connectivity index (χ2n) is 5.46. The second-order valence-corrected chi connectivity index (χ2v) is 5.46. The first-order valence-electron chi connectivity index (χ1n) is 7.74. The highest BCUT2D eigenvalue weighted by Crippen LogP contribution is 2.16. The fourth-order valence-electron chi connectivity index (χ4n) is 2.51. The van der Waals surface area contributed by atoms with Crippen LogP contribution in [0.3, 0.4) is 0 Å². The van der Waals surface area contributed by atoms with Gasteiger partial charge < -0.3 is 14.6 Å². The molecule has 1 aliphatic heterocycles. The van der Waals surface area contributed by atoms with Crippen LogP contribution in [0.5, 0.6) is 0 Å². The van der Waals surface area contributed by atoms with Gasteiger partial charge in [0.15, 0.2) is 12.5 Å². The number of likely N-dealkylation sites (tertiary alicyclic amines) is 1. The molecule has 1 saturated heterocycles. The van der Waals surface area contributed by atoms with Gasteiger partial charge in [-0.05, 0) is 26.8 Å². The molecule has 1 heterocycles. The van der Waals surface area contributed by atoms with Gasteiger partial charge in [0.05, 0.1) is 0 Å². The average molecular weight is 334 g/mol. The average Bonchev–Trinajstić information content (AvgIpc) is 2.48. The summed E-state index contributed by atoms with van der Waals surface area (Å²) < 4.78 is 10.2. The molecule has 3 atom stereocenters. The molecule has 0 saturated carbocycles. The second kappa shape index (κ2) is 9.60. The number of nitrogens with one attached hydrogen (secondary N) is 2. The van der Waals surface area contributed by atoms with Crippen LogP contribution < -0.4 is 10.9 Å². The van der Waals surface area contributed by atoms with Crippen LogP contribution in [0.15, 0.2) is 0 Å². The number of aliphatic hydroxyl groups is 1. The number of carbonyl (C=O) groups excluding carboxylic acids is 1. The van der Waals surface area contributed by atoms with Gasteiger partial charge in [-0.25, -0.2) is 10.2 Å². The number of aliphatic hydroxyl groups excluding tert-OH is 1. The minimum Gasteiger partial charge on any atom is -0.431 e. The standard InChI is InChI=1S/C13H26N4O6/c1-4-11(17(20)21)9(2)22-13(19)23-10-5-7-16(8-6-10)12(18)15-14-3/h9-12,14-15,18H,4-8H2,1-3H3/t9?,11-,12?/m0/s1. The van der Waals surface area contributed by atoms with E-state index in [0.717, 1.165) is 0 Å². The van der Waals surface area contributed by atoms with E-state index in [0.29, 0.717) is 25.9 Å². The van der Waals surface area contributed by atoms with Gasteiger partial charge in [-0.3, -0.25) is 20.4 Å². The third-order valence-corrected chi connectivity index (χ3v) is 3.87. The fraction of sp³-hybridized carbons (Fsp3) is 0.923. The van der Waals surface area contributed by atoms with Crippen LogP contribution in [0.2, 0.25) is 0 Å². The molecule has 1 rings (SSSR count). The number of nitrogens with zero attached hydrogens (tertiary/aromatic N) is 2. The van der Waals surface area contributed by atoms with Crippen LogP contribution in [0.4, 0.5) is 4.79 Å². The van der Waals surface area contributed by atoms with Crippen LogP contribution in [0.25, 0.3) is 0 Å². The molecule has 23 heavy (non-hydrogen) atoms. The zero-order valence-electron chi connectivity index (χ0n) is 13.7. The SMILES string of the molecule is CC[C@@H](C(C)OC(=O)OC1CCN(C(O)NNC)CC1)[N+](=O)[O-]. The third kappa shape index (κ3) is 6.26. The Balaban J connectivity index is 2.35. The first-order chi connectivity index (χ1) is 10.9. The Bertz CT molecular complexity index is 389. The predicted molar refractivity (Wildman–Crippen MR) is 80.9 cm³/mol. The Hall–Kier alpha value is -1.49. The van der Waals surface area contributed by atoms with Crippen LogP contribution in [0.1, 0.15) is 33.1 Å². The first-order valence-corrected chi connectivity index (χ1v) is 7.74. The summed E-state index contributed by atoms with van der Waals surface area (Å²) in [7, 11) is 1.66. The van der Waals surface area contributed by atoms with E-state index in [1.807, 2.05) is 0 Å². The van der Waals surface area contributed by atoms with E-state index in [9.17, 15) is 20.0 Å². The topological polar surface area (TPSA) is 126 Å². The van der Waals surface area contributed by atoms with E-state index in [4.69, 9.17) is 9.47 Å². The predicted octanol–water partition coefficient (Wildman–Crippen LogP) is 0.0477. The number of ether oxygens (including phenoxy) is 2. The van der Waals surface area contributed by atoms with E-state index in [-0.39, 0.29) is 12.5 Å². The van der Waals surface area contributed by atoms with Crippen molar-refractivity contribution < 1.29 is 24.3 Å².